The van der Waals surface area contributed by atoms with Crippen LogP contribution < -0.4 is 19.1 Å². The highest BCUT2D eigenvalue weighted by atomic mass is 35.5. The topological polar surface area (TPSA) is 106 Å². The third-order valence-electron chi connectivity index (χ3n) is 6.80. The van der Waals surface area contributed by atoms with E-state index in [2.05, 4.69) is 0 Å². The van der Waals surface area contributed by atoms with E-state index >= 15 is 0 Å². The molecule has 0 bridgehead atoms. The molecule has 1 aliphatic rings. The SMILES string of the molecule is CCOc1cc(C2/C(=C(\O)c3cc(OC)c(Cl)cc3OC)C(=O)C(=O)N2c2cccc3ccccc23)ccc1O. The molecule has 0 spiro atoms. The van der Waals surface area contributed by atoms with E-state index in [1.54, 1.807) is 31.2 Å². The molecule has 1 fully saturated rings. The van der Waals surface area contributed by atoms with Gasteiger partial charge in [0.25, 0.3) is 11.7 Å². The normalized spacial score (nSPS) is 16.4. The smallest absolute Gasteiger partial charge is 0.300 e. The highest BCUT2D eigenvalue weighted by Gasteiger charge is 2.48. The van der Waals surface area contributed by atoms with E-state index in [9.17, 15) is 19.8 Å². The molecule has 204 valence electrons. The number of halogens is 1. The summed E-state index contributed by atoms with van der Waals surface area (Å²) in [4.78, 5) is 28.9. The number of anilines is 1. The minimum atomic E-state index is -1.07. The molecule has 1 saturated heterocycles. The van der Waals surface area contributed by atoms with Crippen molar-refractivity contribution in [1.82, 2.24) is 0 Å². The van der Waals surface area contributed by atoms with Crippen molar-refractivity contribution < 1.29 is 34.0 Å². The standard InChI is InChI=1S/C31H26ClNO7/c1-4-40-26-14-18(12-13-23(26)34)28-27(29(35)20-15-25(39-3)21(32)16-24(20)38-2)30(36)31(37)33(28)22-11-7-9-17-8-5-6-10-19(17)22/h5-16,28,34-35H,4H2,1-3H3/b29-27+. The first-order chi connectivity index (χ1) is 19.3. The van der Waals surface area contributed by atoms with Gasteiger partial charge >= 0.3 is 0 Å². The molecule has 1 atom stereocenters. The van der Waals surface area contributed by atoms with Crippen molar-refractivity contribution in [3.05, 3.63) is 94.5 Å². The summed E-state index contributed by atoms with van der Waals surface area (Å²) in [5, 5.41) is 23.9. The van der Waals surface area contributed by atoms with Gasteiger partial charge in [0.1, 0.15) is 17.3 Å². The molecular formula is C31H26ClNO7. The lowest BCUT2D eigenvalue weighted by atomic mass is 9.94. The van der Waals surface area contributed by atoms with Gasteiger partial charge in [-0.3, -0.25) is 14.5 Å². The number of Topliss-reactive ketones (excluding diaryl/α,β-unsaturated/α-hetero) is 1. The van der Waals surface area contributed by atoms with Gasteiger partial charge in [-0.05, 0) is 42.1 Å². The van der Waals surface area contributed by atoms with E-state index in [1.165, 1.54) is 37.3 Å². The lowest BCUT2D eigenvalue weighted by molar-refractivity contribution is -0.132. The number of carbonyl (C=O) groups is 2. The van der Waals surface area contributed by atoms with Crippen LogP contribution in [0, 0.1) is 0 Å². The van der Waals surface area contributed by atoms with Crippen LogP contribution in [0.5, 0.6) is 23.0 Å². The first kappa shape index (κ1) is 26.9. The molecule has 1 heterocycles. The molecule has 1 amide bonds. The van der Waals surface area contributed by atoms with Crippen molar-refractivity contribution in [1.29, 1.82) is 0 Å². The van der Waals surface area contributed by atoms with E-state index in [0.29, 0.717) is 11.3 Å². The highest BCUT2D eigenvalue weighted by Crippen LogP contribution is 2.47. The van der Waals surface area contributed by atoms with Gasteiger partial charge in [-0.25, -0.2) is 0 Å². The number of aliphatic hydroxyl groups is 1. The second kappa shape index (κ2) is 10.8. The number of aliphatic hydroxyl groups excluding tert-OH is 1. The minimum absolute atomic E-state index is 0.100. The number of hydrogen-bond acceptors (Lipinski definition) is 7. The van der Waals surface area contributed by atoms with Gasteiger partial charge in [-0.2, -0.15) is 0 Å². The molecular weight excluding hydrogens is 534 g/mol. The van der Waals surface area contributed by atoms with Crippen molar-refractivity contribution in [2.75, 3.05) is 25.7 Å². The summed E-state index contributed by atoms with van der Waals surface area (Å²) in [6.45, 7) is 2.05. The van der Waals surface area contributed by atoms with Crippen LogP contribution >= 0.6 is 11.6 Å². The summed E-state index contributed by atoms with van der Waals surface area (Å²) in [7, 11) is 2.82. The first-order valence-corrected chi connectivity index (χ1v) is 12.8. The fourth-order valence-electron chi connectivity index (χ4n) is 4.98. The van der Waals surface area contributed by atoms with Crippen LogP contribution in [0.3, 0.4) is 0 Å². The van der Waals surface area contributed by atoms with Gasteiger partial charge in [0.05, 0.1) is 48.7 Å². The van der Waals surface area contributed by atoms with Crippen molar-refractivity contribution in [3.8, 4) is 23.0 Å². The Morgan fingerprint density at radius 3 is 2.38 bits per heavy atom. The Balaban J connectivity index is 1.82. The number of benzene rings is 4. The van der Waals surface area contributed by atoms with E-state index in [0.717, 1.165) is 10.8 Å². The quantitative estimate of drug-likeness (QED) is 0.157. The monoisotopic (exact) mass is 559 g/mol. The first-order valence-electron chi connectivity index (χ1n) is 12.5. The Morgan fingerprint density at radius 2 is 1.65 bits per heavy atom. The Morgan fingerprint density at radius 1 is 0.925 bits per heavy atom. The molecule has 9 heteroatoms. The fourth-order valence-corrected chi connectivity index (χ4v) is 5.21. The number of carbonyl (C=O) groups excluding carboxylic acids is 2. The summed E-state index contributed by atoms with van der Waals surface area (Å²) >= 11 is 6.27. The molecule has 40 heavy (non-hydrogen) atoms. The molecule has 0 saturated carbocycles. The maximum Gasteiger partial charge on any atom is 0.300 e. The molecule has 0 aromatic heterocycles. The van der Waals surface area contributed by atoms with Gasteiger partial charge in [-0.15, -0.1) is 0 Å². The van der Waals surface area contributed by atoms with Gasteiger partial charge in [0, 0.05) is 11.5 Å². The van der Waals surface area contributed by atoms with E-state index < -0.39 is 23.5 Å². The molecule has 0 radical (unpaired) electrons. The molecule has 4 aromatic rings. The predicted molar refractivity (Wildman–Crippen MR) is 153 cm³/mol. The third kappa shape index (κ3) is 4.46. The lowest BCUT2D eigenvalue weighted by Crippen LogP contribution is -2.29. The summed E-state index contributed by atoms with van der Waals surface area (Å²) in [6, 6.07) is 19.3. The average Bonchev–Trinajstić information content (AvgIpc) is 3.23. The van der Waals surface area contributed by atoms with E-state index in [1.807, 2.05) is 30.3 Å². The van der Waals surface area contributed by atoms with Crippen molar-refractivity contribution in [3.63, 3.8) is 0 Å². The molecule has 4 aromatic carbocycles. The zero-order chi connectivity index (χ0) is 28.6. The number of ether oxygens (including phenoxy) is 3. The second-order valence-corrected chi connectivity index (χ2v) is 9.42. The third-order valence-corrected chi connectivity index (χ3v) is 7.09. The van der Waals surface area contributed by atoms with Crippen molar-refractivity contribution >= 4 is 45.5 Å². The lowest BCUT2D eigenvalue weighted by Gasteiger charge is -2.27. The van der Waals surface area contributed by atoms with Crippen molar-refractivity contribution in [2.24, 2.45) is 0 Å². The number of methoxy groups -OCH3 is 2. The molecule has 1 unspecified atom stereocenters. The summed E-state index contributed by atoms with van der Waals surface area (Å²) < 4.78 is 16.4. The van der Waals surface area contributed by atoms with Crippen molar-refractivity contribution in [2.45, 2.75) is 13.0 Å². The van der Waals surface area contributed by atoms with Gasteiger partial charge in [0.15, 0.2) is 11.5 Å². The van der Waals surface area contributed by atoms with Crippen LogP contribution in [0.15, 0.2) is 78.4 Å². The van der Waals surface area contributed by atoms with Gasteiger partial charge < -0.3 is 24.4 Å². The number of rotatable bonds is 7. The number of phenols is 1. The number of nitrogens with zero attached hydrogens (tertiary/aromatic N) is 1. The number of fused-ring (bicyclic) bond motifs is 1. The fraction of sp³-hybridized carbons (Fsp3) is 0.161. The van der Waals surface area contributed by atoms with Gasteiger partial charge in [0.2, 0.25) is 0 Å². The number of hydrogen-bond donors (Lipinski definition) is 2. The Hall–Kier alpha value is -4.69. The van der Waals surface area contributed by atoms with Crippen LogP contribution in [0.2, 0.25) is 5.02 Å². The molecule has 8 nitrogen and oxygen atoms in total. The second-order valence-electron chi connectivity index (χ2n) is 9.01. The number of ketones is 1. The van der Waals surface area contributed by atoms with Gasteiger partial charge in [-0.1, -0.05) is 54.1 Å². The van der Waals surface area contributed by atoms with E-state index in [-0.39, 0.29) is 45.8 Å². The number of amides is 1. The zero-order valence-corrected chi connectivity index (χ0v) is 22.7. The van der Waals surface area contributed by atoms with Crippen LogP contribution in [0.25, 0.3) is 16.5 Å². The molecule has 2 N–H and O–H groups in total. The summed E-state index contributed by atoms with van der Waals surface area (Å²) in [5.41, 5.74) is 0.869. The Labute approximate surface area is 235 Å². The van der Waals surface area contributed by atoms with E-state index in [4.69, 9.17) is 25.8 Å². The van der Waals surface area contributed by atoms with Crippen LogP contribution in [0.1, 0.15) is 24.1 Å². The summed E-state index contributed by atoms with van der Waals surface area (Å²) in [5.74, 6) is -1.69. The molecule has 1 aliphatic heterocycles. The zero-order valence-electron chi connectivity index (χ0n) is 22.0. The number of phenolic OH excluding ortho intramolecular Hbond substituents is 1. The Kier molecular flexibility index (Phi) is 7.28. The largest absolute Gasteiger partial charge is 0.507 e. The maximum atomic E-state index is 13.8. The summed E-state index contributed by atoms with van der Waals surface area (Å²) in [6.07, 6.45) is 0. The molecule has 5 rings (SSSR count). The predicted octanol–water partition coefficient (Wildman–Crippen LogP) is 6.24. The van der Waals surface area contributed by atoms with Crippen LogP contribution in [-0.4, -0.2) is 42.7 Å². The molecule has 0 aliphatic carbocycles. The van der Waals surface area contributed by atoms with Crippen LogP contribution in [0.4, 0.5) is 5.69 Å². The average molecular weight is 560 g/mol. The van der Waals surface area contributed by atoms with Crippen LogP contribution in [-0.2, 0) is 9.59 Å². The Bertz CT molecular complexity index is 1670. The highest BCUT2D eigenvalue weighted by molar-refractivity contribution is 6.52. The number of aromatic hydroxyl groups is 1. The minimum Gasteiger partial charge on any atom is -0.507 e. The maximum absolute atomic E-state index is 13.8.